The summed E-state index contributed by atoms with van der Waals surface area (Å²) in [5, 5.41) is 7.62. The lowest BCUT2D eigenvalue weighted by Crippen LogP contribution is -2.24. The van der Waals surface area contributed by atoms with Crippen molar-refractivity contribution >= 4 is 26.6 Å². The third-order valence-corrected chi connectivity index (χ3v) is 5.82. The summed E-state index contributed by atoms with van der Waals surface area (Å²) in [5.74, 6) is -0.766. The molecule has 2 aromatic heterocycles. The van der Waals surface area contributed by atoms with Gasteiger partial charge in [-0.3, -0.25) is 9.78 Å². The number of rotatable bonds is 5. The van der Waals surface area contributed by atoms with Crippen LogP contribution in [0.3, 0.4) is 0 Å². The first-order valence-electron chi connectivity index (χ1n) is 8.98. The fourth-order valence-corrected chi connectivity index (χ4v) is 4.14. The van der Waals surface area contributed by atoms with E-state index in [0.717, 1.165) is 6.26 Å². The number of amides is 1. The van der Waals surface area contributed by atoms with Gasteiger partial charge in [-0.25, -0.2) is 17.5 Å². The Bertz CT molecular complexity index is 1350. The number of pyridine rings is 1. The van der Waals surface area contributed by atoms with Crippen molar-refractivity contribution in [2.45, 2.75) is 11.4 Å². The topological polar surface area (TPSA) is 93.9 Å². The van der Waals surface area contributed by atoms with Crippen LogP contribution in [0.1, 0.15) is 15.9 Å². The summed E-state index contributed by atoms with van der Waals surface area (Å²) in [6.45, 7) is 0.0462. The summed E-state index contributed by atoms with van der Waals surface area (Å²) in [7, 11) is -3.41. The number of carbonyl (C=O) groups is 1. The molecule has 0 aliphatic carbocycles. The summed E-state index contributed by atoms with van der Waals surface area (Å²) >= 11 is 0. The highest BCUT2D eigenvalue weighted by atomic mass is 32.2. The third-order valence-electron chi connectivity index (χ3n) is 4.62. The van der Waals surface area contributed by atoms with Gasteiger partial charge in [-0.2, -0.15) is 5.10 Å². The van der Waals surface area contributed by atoms with Crippen LogP contribution in [0.4, 0.5) is 4.39 Å². The number of hydrogen-bond acceptors (Lipinski definition) is 5. The summed E-state index contributed by atoms with van der Waals surface area (Å²) in [4.78, 5) is 17.1. The largest absolute Gasteiger partial charge is 0.348 e. The molecule has 0 spiro atoms. The van der Waals surface area contributed by atoms with Crippen LogP contribution in [0.15, 0.2) is 72.0 Å². The van der Waals surface area contributed by atoms with Gasteiger partial charge in [0.05, 0.1) is 34.1 Å². The molecule has 2 heterocycles. The van der Waals surface area contributed by atoms with Gasteiger partial charge >= 0.3 is 0 Å². The minimum Gasteiger partial charge on any atom is -0.348 e. The fourth-order valence-electron chi connectivity index (χ4n) is 3.19. The zero-order valence-corrected chi connectivity index (χ0v) is 16.7. The fraction of sp³-hybridized carbons (Fsp3) is 0.0952. The quantitative estimate of drug-likeness (QED) is 0.532. The number of halogens is 1. The van der Waals surface area contributed by atoms with Crippen LogP contribution in [0.2, 0.25) is 0 Å². The SMILES string of the molecule is CS(=O)(=O)c1ccccc1CNC(=O)c1cncc2c1cnn2-c1ccc(F)cc1. The molecule has 4 rings (SSSR count). The number of carbonyl (C=O) groups excluding carboxylic acids is 1. The Labute approximate surface area is 172 Å². The summed E-state index contributed by atoms with van der Waals surface area (Å²) in [6, 6.07) is 12.3. The van der Waals surface area contributed by atoms with Crippen LogP contribution in [0.25, 0.3) is 16.6 Å². The number of aromatic nitrogens is 3. The molecule has 9 heteroatoms. The van der Waals surface area contributed by atoms with Crippen molar-refractivity contribution in [1.29, 1.82) is 0 Å². The molecule has 1 N–H and O–H groups in total. The van der Waals surface area contributed by atoms with Crippen LogP contribution < -0.4 is 5.32 Å². The first-order chi connectivity index (χ1) is 14.3. The summed E-state index contributed by atoms with van der Waals surface area (Å²) in [5.41, 5.74) is 2.02. The van der Waals surface area contributed by atoms with E-state index < -0.39 is 15.7 Å². The van der Waals surface area contributed by atoms with E-state index in [-0.39, 0.29) is 17.3 Å². The maximum atomic E-state index is 13.2. The number of fused-ring (bicyclic) bond motifs is 1. The molecule has 0 unspecified atom stereocenters. The van der Waals surface area contributed by atoms with Crippen LogP contribution in [0, 0.1) is 5.82 Å². The molecule has 0 aliphatic rings. The van der Waals surface area contributed by atoms with E-state index in [1.54, 1.807) is 47.4 Å². The molecule has 7 nitrogen and oxygen atoms in total. The Morgan fingerprint density at radius 1 is 1.07 bits per heavy atom. The Morgan fingerprint density at radius 3 is 2.53 bits per heavy atom. The highest BCUT2D eigenvalue weighted by Crippen LogP contribution is 2.21. The maximum Gasteiger partial charge on any atom is 0.253 e. The van der Waals surface area contributed by atoms with Crippen molar-refractivity contribution in [3.8, 4) is 5.69 Å². The highest BCUT2D eigenvalue weighted by Gasteiger charge is 2.17. The summed E-state index contributed by atoms with van der Waals surface area (Å²) < 4.78 is 38.7. The molecule has 0 saturated heterocycles. The molecule has 0 radical (unpaired) electrons. The predicted octanol–water partition coefficient (Wildman–Crippen LogP) is 2.89. The van der Waals surface area contributed by atoms with Crippen molar-refractivity contribution in [1.82, 2.24) is 20.1 Å². The van der Waals surface area contributed by atoms with Crippen molar-refractivity contribution in [2.75, 3.05) is 6.26 Å². The first kappa shape index (κ1) is 19.7. The van der Waals surface area contributed by atoms with Gasteiger partial charge in [0.25, 0.3) is 5.91 Å². The Kier molecular flexibility index (Phi) is 5.04. The Balaban J connectivity index is 1.63. The molecule has 2 aromatic carbocycles. The molecule has 0 fully saturated rings. The van der Waals surface area contributed by atoms with E-state index in [2.05, 4.69) is 15.4 Å². The number of nitrogens with zero attached hydrogens (tertiary/aromatic N) is 3. The standard InChI is InChI=1S/C21H17FN4O3S/c1-30(28,29)20-5-3-2-4-14(20)10-24-21(27)18-11-23-13-19-17(18)12-25-26(19)16-8-6-15(22)7-9-16/h2-9,11-13H,10H2,1H3,(H,24,27). The number of benzene rings is 2. The van der Waals surface area contributed by atoms with Crippen LogP contribution >= 0.6 is 0 Å². The van der Waals surface area contributed by atoms with E-state index in [0.29, 0.717) is 27.7 Å². The highest BCUT2D eigenvalue weighted by molar-refractivity contribution is 7.90. The van der Waals surface area contributed by atoms with Crippen molar-refractivity contribution in [3.05, 3.63) is 84.1 Å². The molecular weight excluding hydrogens is 407 g/mol. The molecule has 4 aromatic rings. The minimum atomic E-state index is -3.41. The monoisotopic (exact) mass is 424 g/mol. The van der Waals surface area contributed by atoms with Gasteiger partial charge in [-0.05, 0) is 35.9 Å². The lowest BCUT2D eigenvalue weighted by molar-refractivity contribution is 0.0952. The molecule has 0 bridgehead atoms. The number of nitrogens with one attached hydrogen (secondary N) is 1. The van der Waals surface area contributed by atoms with Crippen LogP contribution in [-0.2, 0) is 16.4 Å². The van der Waals surface area contributed by atoms with Gasteiger partial charge in [0.15, 0.2) is 9.84 Å². The second-order valence-electron chi connectivity index (χ2n) is 6.72. The normalized spacial score (nSPS) is 11.5. The van der Waals surface area contributed by atoms with Crippen molar-refractivity contribution < 1.29 is 17.6 Å². The van der Waals surface area contributed by atoms with E-state index in [1.807, 2.05) is 0 Å². The van der Waals surface area contributed by atoms with Gasteiger partial charge in [-0.15, -0.1) is 0 Å². The smallest absolute Gasteiger partial charge is 0.253 e. The van der Waals surface area contributed by atoms with Crippen LogP contribution in [-0.4, -0.2) is 35.3 Å². The van der Waals surface area contributed by atoms with Crippen molar-refractivity contribution in [3.63, 3.8) is 0 Å². The molecule has 0 saturated carbocycles. The van der Waals surface area contributed by atoms with E-state index in [1.165, 1.54) is 24.4 Å². The Hall–Kier alpha value is -3.59. The van der Waals surface area contributed by atoms with E-state index in [9.17, 15) is 17.6 Å². The number of sulfone groups is 1. The number of hydrogen-bond donors (Lipinski definition) is 1. The van der Waals surface area contributed by atoms with Crippen LogP contribution in [0.5, 0.6) is 0 Å². The lowest BCUT2D eigenvalue weighted by Gasteiger charge is -2.10. The third kappa shape index (κ3) is 3.79. The lowest BCUT2D eigenvalue weighted by atomic mass is 10.1. The molecule has 152 valence electrons. The van der Waals surface area contributed by atoms with Gasteiger partial charge in [-0.1, -0.05) is 18.2 Å². The van der Waals surface area contributed by atoms with Crippen molar-refractivity contribution in [2.24, 2.45) is 0 Å². The van der Waals surface area contributed by atoms with Gasteiger partial charge in [0.1, 0.15) is 5.82 Å². The zero-order chi connectivity index (χ0) is 21.3. The molecule has 0 aliphatic heterocycles. The van der Waals surface area contributed by atoms with Gasteiger partial charge in [0, 0.05) is 24.4 Å². The molecular formula is C21H17FN4O3S. The molecule has 0 atom stereocenters. The summed E-state index contributed by atoms with van der Waals surface area (Å²) in [6.07, 6.45) is 5.67. The first-order valence-corrected chi connectivity index (χ1v) is 10.9. The second-order valence-corrected chi connectivity index (χ2v) is 8.70. The molecule has 30 heavy (non-hydrogen) atoms. The zero-order valence-electron chi connectivity index (χ0n) is 15.9. The van der Waals surface area contributed by atoms with E-state index >= 15 is 0 Å². The van der Waals surface area contributed by atoms with Gasteiger partial charge in [0.2, 0.25) is 0 Å². The second kappa shape index (κ2) is 7.68. The van der Waals surface area contributed by atoms with Gasteiger partial charge < -0.3 is 5.32 Å². The predicted molar refractivity (Wildman–Crippen MR) is 110 cm³/mol. The Morgan fingerprint density at radius 2 is 1.80 bits per heavy atom. The average molecular weight is 424 g/mol. The molecule has 1 amide bonds. The van der Waals surface area contributed by atoms with E-state index in [4.69, 9.17) is 0 Å². The maximum absolute atomic E-state index is 13.2. The minimum absolute atomic E-state index is 0.0462. The average Bonchev–Trinajstić information content (AvgIpc) is 3.16.